The molecule has 3 rings (SSSR count). The largest absolute Gasteiger partial charge is 0.377 e. The Balaban J connectivity index is 1.62. The normalized spacial score (nSPS) is 20.2. The van der Waals surface area contributed by atoms with E-state index in [0.717, 1.165) is 44.1 Å². The quantitative estimate of drug-likeness (QED) is 0.522. The first-order valence-corrected chi connectivity index (χ1v) is 11.0. The van der Waals surface area contributed by atoms with Crippen LogP contribution in [0.5, 0.6) is 0 Å². The van der Waals surface area contributed by atoms with Crippen LogP contribution in [-0.4, -0.2) is 41.9 Å². The lowest BCUT2D eigenvalue weighted by Gasteiger charge is -2.40. The lowest BCUT2D eigenvalue weighted by atomic mass is 9.78. The van der Waals surface area contributed by atoms with Gasteiger partial charge in [-0.3, -0.25) is 0 Å². The molecule has 0 saturated carbocycles. The molecule has 1 aliphatic heterocycles. The van der Waals surface area contributed by atoms with Crippen LogP contribution in [0.2, 0.25) is 5.02 Å². The summed E-state index contributed by atoms with van der Waals surface area (Å²) in [7, 11) is 0. The summed E-state index contributed by atoms with van der Waals surface area (Å²) in [5, 5.41) is 11.4. The molecule has 0 bridgehead atoms. The Labute approximate surface area is 183 Å². The Hall–Kier alpha value is -2.12. The molecule has 1 aromatic carbocycles. The van der Waals surface area contributed by atoms with Gasteiger partial charge in [0, 0.05) is 36.2 Å². The molecule has 2 aromatic rings. The van der Waals surface area contributed by atoms with E-state index in [-0.39, 0.29) is 11.5 Å². The van der Waals surface area contributed by atoms with Gasteiger partial charge in [-0.05, 0) is 37.3 Å². The fourth-order valence-electron chi connectivity index (χ4n) is 3.79. The molecular weight excluding hydrogens is 402 g/mol. The zero-order chi connectivity index (χ0) is 21.6. The average Bonchev–Trinajstić information content (AvgIpc) is 3.19. The molecule has 30 heavy (non-hydrogen) atoms. The van der Waals surface area contributed by atoms with Crippen LogP contribution < -0.4 is 10.6 Å². The molecular formula is C22H32ClN5O2. The van der Waals surface area contributed by atoms with Gasteiger partial charge in [-0.1, -0.05) is 49.7 Å². The van der Waals surface area contributed by atoms with Crippen molar-refractivity contribution in [3.8, 4) is 11.4 Å². The maximum atomic E-state index is 6.09. The zero-order valence-corrected chi connectivity index (χ0v) is 19.0. The molecule has 7 nitrogen and oxygen atoms in total. The van der Waals surface area contributed by atoms with Crippen LogP contribution in [0.4, 0.5) is 0 Å². The number of benzene rings is 1. The Morgan fingerprint density at radius 2 is 2.13 bits per heavy atom. The monoisotopic (exact) mass is 433 g/mol. The highest BCUT2D eigenvalue weighted by atomic mass is 35.5. The van der Waals surface area contributed by atoms with Gasteiger partial charge in [-0.25, -0.2) is 4.99 Å². The number of hydrogen-bond donors (Lipinski definition) is 2. The van der Waals surface area contributed by atoms with Gasteiger partial charge in [-0.15, -0.1) is 0 Å². The Morgan fingerprint density at radius 3 is 2.87 bits per heavy atom. The number of ether oxygens (including phenoxy) is 1. The Bertz CT molecular complexity index is 846. The standard InChI is InChI=1S/C22H32ClN5O2/c1-5-24-21(25-13-16-9-7-11-29-19(16)22(2,3)4)26-14-18-27-20(28-30-18)15-8-6-10-17(23)12-15/h6,8,10,12,16,19H,5,7,9,11,13-14H2,1-4H3,(H2,24,25,26). The van der Waals surface area contributed by atoms with Crippen LogP contribution in [0.3, 0.4) is 0 Å². The van der Waals surface area contributed by atoms with Crippen LogP contribution in [0.1, 0.15) is 46.4 Å². The summed E-state index contributed by atoms with van der Waals surface area (Å²) in [5.41, 5.74) is 0.931. The highest BCUT2D eigenvalue weighted by Crippen LogP contribution is 2.33. The summed E-state index contributed by atoms with van der Waals surface area (Å²) in [5.74, 6) is 2.14. The number of hydrogen-bond acceptors (Lipinski definition) is 5. The minimum absolute atomic E-state index is 0.114. The second-order valence-electron chi connectivity index (χ2n) is 8.66. The van der Waals surface area contributed by atoms with Crippen molar-refractivity contribution in [3.63, 3.8) is 0 Å². The maximum Gasteiger partial charge on any atom is 0.248 e. The minimum atomic E-state index is 0.114. The number of rotatable bonds is 6. The fourth-order valence-corrected chi connectivity index (χ4v) is 3.98. The van der Waals surface area contributed by atoms with Gasteiger partial charge in [0.2, 0.25) is 11.7 Å². The second kappa shape index (κ2) is 10.3. The van der Waals surface area contributed by atoms with E-state index < -0.39 is 0 Å². The lowest BCUT2D eigenvalue weighted by Crippen LogP contribution is -2.47. The predicted octanol–water partition coefficient (Wildman–Crippen LogP) is 4.29. The van der Waals surface area contributed by atoms with Crippen molar-refractivity contribution < 1.29 is 9.26 Å². The molecule has 1 fully saturated rings. The van der Waals surface area contributed by atoms with Gasteiger partial charge in [0.1, 0.15) is 6.54 Å². The highest BCUT2D eigenvalue weighted by Gasteiger charge is 2.35. The smallest absolute Gasteiger partial charge is 0.248 e. The Morgan fingerprint density at radius 1 is 1.30 bits per heavy atom. The van der Waals surface area contributed by atoms with E-state index in [0.29, 0.717) is 29.2 Å². The highest BCUT2D eigenvalue weighted by molar-refractivity contribution is 6.30. The number of guanidine groups is 1. The van der Waals surface area contributed by atoms with Gasteiger partial charge >= 0.3 is 0 Å². The molecule has 8 heteroatoms. The summed E-state index contributed by atoms with van der Waals surface area (Å²) < 4.78 is 11.4. The molecule has 2 atom stereocenters. The van der Waals surface area contributed by atoms with Gasteiger partial charge in [0.05, 0.1) is 6.10 Å². The molecule has 164 valence electrons. The molecule has 0 spiro atoms. The molecule has 0 amide bonds. The molecule has 0 radical (unpaired) electrons. The van der Waals surface area contributed by atoms with E-state index in [1.165, 1.54) is 0 Å². The zero-order valence-electron chi connectivity index (χ0n) is 18.2. The van der Waals surface area contributed by atoms with Crippen molar-refractivity contribution in [2.24, 2.45) is 16.3 Å². The summed E-state index contributed by atoms with van der Waals surface area (Å²) >= 11 is 6.04. The van der Waals surface area contributed by atoms with Gasteiger partial charge in [-0.2, -0.15) is 4.98 Å². The molecule has 1 aromatic heterocycles. The maximum absolute atomic E-state index is 6.09. The van der Waals surface area contributed by atoms with Crippen molar-refractivity contribution in [2.45, 2.75) is 53.2 Å². The molecule has 2 N–H and O–H groups in total. The predicted molar refractivity (Wildman–Crippen MR) is 119 cm³/mol. The van der Waals surface area contributed by atoms with E-state index >= 15 is 0 Å². The number of aliphatic imine (C=N–C) groups is 1. The van der Waals surface area contributed by atoms with Gasteiger partial charge in [0.15, 0.2) is 5.96 Å². The third-order valence-corrected chi connectivity index (χ3v) is 5.33. The van der Waals surface area contributed by atoms with Crippen LogP contribution in [-0.2, 0) is 11.3 Å². The summed E-state index contributed by atoms with van der Waals surface area (Å²) in [6, 6.07) is 7.38. The van der Waals surface area contributed by atoms with E-state index in [1.54, 1.807) is 0 Å². The average molecular weight is 434 g/mol. The Kier molecular flexibility index (Phi) is 7.72. The van der Waals surface area contributed by atoms with Gasteiger partial charge < -0.3 is 19.9 Å². The minimum Gasteiger partial charge on any atom is -0.377 e. The van der Waals surface area contributed by atoms with Crippen LogP contribution >= 0.6 is 11.6 Å². The number of nitrogens with zero attached hydrogens (tertiary/aromatic N) is 3. The summed E-state index contributed by atoms with van der Waals surface area (Å²) in [4.78, 5) is 9.04. The first-order chi connectivity index (χ1) is 14.4. The second-order valence-corrected chi connectivity index (χ2v) is 9.09. The van der Waals surface area contributed by atoms with Crippen molar-refractivity contribution >= 4 is 17.6 Å². The number of aromatic nitrogens is 2. The van der Waals surface area contributed by atoms with Crippen molar-refractivity contribution in [1.29, 1.82) is 0 Å². The molecule has 2 heterocycles. The molecule has 1 aliphatic rings. The van der Waals surface area contributed by atoms with Crippen LogP contribution in [0.15, 0.2) is 33.8 Å². The topological polar surface area (TPSA) is 84.6 Å². The fraction of sp³-hybridized carbons (Fsp3) is 0.591. The molecule has 2 unspecified atom stereocenters. The van der Waals surface area contributed by atoms with E-state index in [9.17, 15) is 0 Å². The van der Waals surface area contributed by atoms with Gasteiger partial charge in [0.25, 0.3) is 0 Å². The van der Waals surface area contributed by atoms with Crippen LogP contribution in [0, 0.1) is 11.3 Å². The third-order valence-electron chi connectivity index (χ3n) is 5.10. The van der Waals surface area contributed by atoms with Crippen LogP contribution in [0.25, 0.3) is 11.4 Å². The van der Waals surface area contributed by atoms with E-state index in [4.69, 9.17) is 20.9 Å². The summed E-state index contributed by atoms with van der Waals surface area (Å²) in [6.07, 6.45) is 2.49. The third kappa shape index (κ3) is 6.19. The first kappa shape index (κ1) is 22.6. The SMILES string of the molecule is CCNC(=NCc1nc(-c2cccc(Cl)c2)no1)NCC1CCCOC1C(C)(C)C. The lowest BCUT2D eigenvalue weighted by molar-refractivity contribution is -0.0835. The number of nitrogens with one attached hydrogen (secondary N) is 2. The molecule has 0 aliphatic carbocycles. The molecule has 1 saturated heterocycles. The first-order valence-electron chi connectivity index (χ1n) is 10.6. The van der Waals surface area contributed by atoms with E-state index in [2.05, 4.69) is 46.5 Å². The van der Waals surface area contributed by atoms with E-state index in [1.807, 2.05) is 31.2 Å². The summed E-state index contributed by atoms with van der Waals surface area (Å²) in [6.45, 7) is 11.5. The van der Waals surface area contributed by atoms with Crippen molar-refractivity contribution in [3.05, 3.63) is 35.2 Å². The van der Waals surface area contributed by atoms with Crippen molar-refractivity contribution in [1.82, 2.24) is 20.8 Å². The number of halogens is 1. The van der Waals surface area contributed by atoms with Crippen molar-refractivity contribution in [2.75, 3.05) is 19.7 Å².